The van der Waals surface area contributed by atoms with Gasteiger partial charge in [-0.3, -0.25) is 9.80 Å². The van der Waals surface area contributed by atoms with Crippen molar-refractivity contribution >= 4 is 0 Å². The molecule has 5 heteroatoms. The van der Waals surface area contributed by atoms with Gasteiger partial charge in [-0.05, 0) is 13.0 Å². The van der Waals surface area contributed by atoms with Crippen LogP contribution in [0.25, 0.3) is 0 Å². The van der Waals surface area contributed by atoms with Crippen LogP contribution in [0.2, 0.25) is 0 Å². The average molecular weight is 244 g/mol. The molecular formula is C12H24N2O3. The van der Waals surface area contributed by atoms with E-state index in [-0.39, 0.29) is 6.29 Å². The molecule has 0 N–H and O–H groups in total. The molecule has 0 aliphatic carbocycles. The minimum Gasteiger partial charge on any atom is -0.379 e. The van der Waals surface area contributed by atoms with Crippen molar-refractivity contribution in [2.75, 3.05) is 60.2 Å². The lowest BCUT2D eigenvalue weighted by Gasteiger charge is -2.32. The molecule has 0 bridgehead atoms. The lowest BCUT2D eigenvalue weighted by atomic mass is 10.2. The average Bonchev–Trinajstić information content (AvgIpc) is 2.85. The number of morpholine rings is 1. The third-order valence-electron chi connectivity index (χ3n) is 3.74. The van der Waals surface area contributed by atoms with Crippen LogP contribution in [-0.4, -0.2) is 82.3 Å². The number of nitrogens with zero attached hydrogens (tertiary/aromatic N) is 2. The van der Waals surface area contributed by atoms with Crippen LogP contribution in [0.15, 0.2) is 0 Å². The van der Waals surface area contributed by atoms with Gasteiger partial charge in [-0.1, -0.05) is 0 Å². The quantitative estimate of drug-likeness (QED) is 0.637. The Morgan fingerprint density at radius 1 is 1.18 bits per heavy atom. The third kappa shape index (κ3) is 3.63. The molecule has 5 nitrogen and oxygen atoms in total. The Bertz CT molecular complexity index is 218. The summed E-state index contributed by atoms with van der Waals surface area (Å²) >= 11 is 0. The van der Waals surface area contributed by atoms with E-state index in [1.807, 2.05) is 0 Å². The molecule has 0 aromatic heterocycles. The molecule has 0 aromatic rings. The summed E-state index contributed by atoms with van der Waals surface area (Å²) in [4.78, 5) is 4.98. The van der Waals surface area contributed by atoms with Gasteiger partial charge < -0.3 is 14.2 Å². The third-order valence-corrected chi connectivity index (χ3v) is 3.74. The Balaban J connectivity index is 1.74. The van der Waals surface area contributed by atoms with Crippen LogP contribution in [0, 0.1) is 0 Å². The fourth-order valence-electron chi connectivity index (χ4n) is 2.67. The maximum atomic E-state index is 5.39. The first kappa shape index (κ1) is 13.2. The molecule has 2 heterocycles. The minimum atomic E-state index is -0.0987. The van der Waals surface area contributed by atoms with Gasteiger partial charge in [0.25, 0.3) is 0 Å². The second-order valence-corrected chi connectivity index (χ2v) is 4.75. The molecule has 2 rings (SSSR count). The van der Waals surface area contributed by atoms with Gasteiger partial charge in [0.1, 0.15) is 0 Å². The van der Waals surface area contributed by atoms with E-state index in [1.54, 1.807) is 14.2 Å². The molecule has 2 aliphatic heterocycles. The number of hydrogen-bond acceptors (Lipinski definition) is 5. The van der Waals surface area contributed by atoms with Gasteiger partial charge in [0.15, 0.2) is 6.29 Å². The molecule has 0 aromatic carbocycles. The van der Waals surface area contributed by atoms with Gasteiger partial charge in [-0.15, -0.1) is 0 Å². The van der Waals surface area contributed by atoms with Gasteiger partial charge in [0, 0.05) is 46.4 Å². The highest BCUT2D eigenvalue weighted by Crippen LogP contribution is 2.17. The smallest absolute Gasteiger partial charge is 0.169 e. The first-order chi connectivity index (χ1) is 8.33. The van der Waals surface area contributed by atoms with Crippen LogP contribution in [-0.2, 0) is 14.2 Å². The molecule has 2 fully saturated rings. The molecule has 0 radical (unpaired) electrons. The summed E-state index contributed by atoms with van der Waals surface area (Å²) < 4.78 is 15.9. The zero-order chi connectivity index (χ0) is 12.1. The normalized spacial score (nSPS) is 28.1. The van der Waals surface area contributed by atoms with E-state index in [2.05, 4.69) is 9.80 Å². The van der Waals surface area contributed by atoms with E-state index >= 15 is 0 Å². The summed E-state index contributed by atoms with van der Waals surface area (Å²) in [6.07, 6.45) is 1.15. The van der Waals surface area contributed by atoms with Crippen molar-refractivity contribution in [3.63, 3.8) is 0 Å². The largest absolute Gasteiger partial charge is 0.379 e. The Morgan fingerprint density at radius 3 is 2.53 bits per heavy atom. The molecule has 2 aliphatic rings. The number of hydrogen-bond donors (Lipinski definition) is 0. The number of ether oxygens (including phenoxy) is 3. The summed E-state index contributed by atoms with van der Waals surface area (Å²) in [6.45, 7) is 7.07. The topological polar surface area (TPSA) is 34.2 Å². The number of likely N-dealkylation sites (tertiary alicyclic amines) is 1. The fourth-order valence-corrected chi connectivity index (χ4v) is 2.67. The predicted molar refractivity (Wildman–Crippen MR) is 65.0 cm³/mol. The van der Waals surface area contributed by atoms with E-state index < -0.39 is 0 Å². The summed E-state index contributed by atoms with van der Waals surface area (Å²) in [5.74, 6) is 0. The van der Waals surface area contributed by atoms with Crippen LogP contribution in [0.5, 0.6) is 0 Å². The molecule has 0 saturated carbocycles. The first-order valence-electron chi connectivity index (χ1n) is 6.43. The predicted octanol–water partition coefficient (Wildman–Crippen LogP) is 0.0118. The van der Waals surface area contributed by atoms with Crippen molar-refractivity contribution in [3.8, 4) is 0 Å². The maximum Gasteiger partial charge on any atom is 0.169 e. The Hall–Kier alpha value is -0.200. The lowest BCUT2D eigenvalue weighted by Crippen LogP contribution is -2.45. The van der Waals surface area contributed by atoms with Crippen molar-refractivity contribution in [3.05, 3.63) is 0 Å². The van der Waals surface area contributed by atoms with Gasteiger partial charge in [-0.25, -0.2) is 0 Å². The fraction of sp³-hybridized carbons (Fsp3) is 1.00. The van der Waals surface area contributed by atoms with Crippen molar-refractivity contribution in [1.82, 2.24) is 9.80 Å². The van der Waals surface area contributed by atoms with E-state index in [0.29, 0.717) is 6.04 Å². The second-order valence-electron chi connectivity index (χ2n) is 4.75. The molecule has 0 amide bonds. The Kier molecular flexibility index (Phi) is 5.18. The van der Waals surface area contributed by atoms with Crippen molar-refractivity contribution in [2.24, 2.45) is 0 Å². The summed E-state index contributed by atoms with van der Waals surface area (Å²) in [7, 11) is 3.40. The van der Waals surface area contributed by atoms with Crippen molar-refractivity contribution in [2.45, 2.75) is 18.8 Å². The zero-order valence-electron chi connectivity index (χ0n) is 10.9. The Morgan fingerprint density at radius 2 is 1.88 bits per heavy atom. The highest BCUT2D eigenvalue weighted by molar-refractivity contribution is 4.84. The molecule has 2 saturated heterocycles. The van der Waals surface area contributed by atoms with Crippen LogP contribution in [0.4, 0.5) is 0 Å². The number of rotatable bonds is 5. The van der Waals surface area contributed by atoms with Crippen LogP contribution in [0.1, 0.15) is 6.42 Å². The highest BCUT2D eigenvalue weighted by Gasteiger charge is 2.29. The van der Waals surface area contributed by atoms with Gasteiger partial charge in [0.2, 0.25) is 0 Å². The van der Waals surface area contributed by atoms with E-state index in [4.69, 9.17) is 14.2 Å². The SMILES string of the molecule is COC(CN1CCC(N2CCOCC2)C1)OC. The summed E-state index contributed by atoms with van der Waals surface area (Å²) in [5.41, 5.74) is 0. The molecule has 100 valence electrons. The van der Waals surface area contributed by atoms with Crippen LogP contribution >= 0.6 is 0 Å². The van der Waals surface area contributed by atoms with Crippen LogP contribution < -0.4 is 0 Å². The van der Waals surface area contributed by atoms with E-state index in [1.165, 1.54) is 6.42 Å². The molecule has 0 spiro atoms. The van der Waals surface area contributed by atoms with E-state index in [0.717, 1.165) is 45.9 Å². The Labute approximate surface area is 104 Å². The standard InChI is InChI=1S/C12H24N2O3/c1-15-12(16-2)10-13-4-3-11(9-13)14-5-7-17-8-6-14/h11-12H,3-10H2,1-2H3. The van der Waals surface area contributed by atoms with Gasteiger partial charge in [-0.2, -0.15) is 0 Å². The summed E-state index contributed by atoms with van der Waals surface area (Å²) in [6, 6.07) is 0.688. The molecular weight excluding hydrogens is 220 g/mol. The monoisotopic (exact) mass is 244 g/mol. The first-order valence-corrected chi connectivity index (χ1v) is 6.43. The zero-order valence-corrected chi connectivity index (χ0v) is 10.9. The van der Waals surface area contributed by atoms with Gasteiger partial charge >= 0.3 is 0 Å². The van der Waals surface area contributed by atoms with Gasteiger partial charge in [0.05, 0.1) is 13.2 Å². The number of methoxy groups -OCH3 is 2. The van der Waals surface area contributed by atoms with Crippen molar-refractivity contribution in [1.29, 1.82) is 0 Å². The minimum absolute atomic E-state index is 0.0987. The van der Waals surface area contributed by atoms with E-state index in [9.17, 15) is 0 Å². The highest BCUT2D eigenvalue weighted by atomic mass is 16.7. The molecule has 1 atom stereocenters. The summed E-state index contributed by atoms with van der Waals surface area (Å²) in [5, 5.41) is 0. The van der Waals surface area contributed by atoms with Crippen LogP contribution in [0.3, 0.4) is 0 Å². The molecule has 17 heavy (non-hydrogen) atoms. The molecule has 1 unspecified atom stereocenters. The lowest BCUT2D eigenvalue weighted by molar-refractivity contribution is -0.114. The second kappa shape index (κ2) is 6.66. The van der Waals surface area contributed by atoms with Crippen molar-refractivity contribution < 1.29 is 14.2 Å². The maximum absolute atomic E-state index is 5.39.